The molecule has 4 N–H and O–H groups in total. The third kappa shape index (κ3) is 3.73. The molecule has 0 saturated carbocycles. The highest BCUT2D eigenvalue weighted by molar-refractivity contribution is 6.00. The van der Waals surface area contributed by atoms with Gasteiger partial charge >= 0.3 is 5.97 Å². The molecule has 2 aromatic carbocycles. The van der Waals surface area contributed by atoms with Crippen LogP contribution in [0, 0.1) is 0 Å². The number of aliphatic carboxylic acids is 1. The zero-order valence-corrected chi connectivity index (χ0v) is 11.0. The minimum Gasteiger partial charge on any atom is -0.477 e. The van der Waals surface area contributed by atoms with Crippen LogP contribution in [0.3, 0.4) is 0 Å². The van der Waals surface area contributed by atoms with Crippen molar-refractivity contribution >= 4 is 17.6 Å². The first-order chi connectivity index (χ1) is 10.1. The molecule has 0 spiro atoms. The van der Waals surface area contributed by atoms with Crippen molar-refractivity contribution in [2.45, 2.75) is 6.23 Å². The van der Waals surface area contributed by atoms with Crippen molar-refractivity contribution in [3.63, 3.8) is 0 Å². The highest BCUT2D eigenvalue weighted by Crippen LogP contribution is 2.13. The molecule has 2 aromatic rings. The van der Waals surface area contributed by atoms with Crippen molar-refractivity contribution in [3.8, 4) is 5.75 Å². The maximum absolute atomic E-state index is 12.0. The molecular formula is C15H14N2O4. The highest BCUT2D eigenvalue weighted by atomic mass is 16.5. The van der Waals surface area contributed by atoms with Crippen LogP contribution in [-0.2, 0) is 4.79 Å². The van der Waals surface area contributed by atoms with Crippen LogP contribution in [0.25, 0.3) is 0 Å². The topological polar surface area (TPSA) is 102 Å². The third-order valence-electron chi connectivity index (χ3n) is 2.69. The standard InChI is InChI=1S/C15H14N2O4/c16-12-9-5-4-8-11(12)13(18)17-14(15(19)20)21-10-6-2-1-3-7-10/h1-9,14H,16H2,(H,17,18)(H,19,20). The largest absolute Gasteiger partial charge is 0.477 e. The molecule has 0 bridgehead atoms. The lowest BCUT2D eigenvalue weighted by molar-refractivity contribution is -0.146. The summed E-state index contributed by atoms with van der Waals surface area (Å²) in [6.45, 7) is 0. The fraction of sp³-hybridized carbons (Fsp3) is 0.0667. The molecule has 0 aliphatic rings. The molecule has 0 aromatic heterocycles. The van der Waals surface area contributed by atoms with E-state index >= 15 is 0 Å². The van der Waals surface area contributed by atoms with Crippen LogP contribution in [-0.4, -0.2) is 23.2 Å². The fourth-order valence-electron chi connectivity index (χ4n) is 1.68. The van der Waals surface area contributed by atoms with Gasteiger partial charge in [-0.2, -0.15) is 0 Å². The summed E-state index contributed by atoms with van der Waals surface area (Å²) < 4.78 is 5.24. The van der Waals surface area contributed by atoms with Crippen LogP contribution < -0.4 is 15.8 Å². The first-order valence-corrected chi connectivity index (χ1v) is 6.18. The number of hydrogen-bond donors (Lipinski definition) is 3. The summed E-state index contributed by atoms with van der Waals surface area (Å²) in [5, 5.41) is 11.4. The van der Waals surface area contributed by atoms with Gasteiger partial charge in [0.25, 0.3) is 12.1 Å². The van der Waals surface area contributed by atoms with Crippen LogP contribution in [0.5, 0.6) is 5.75 Å². The predicted molar refractivity (Wildman–Crippen MR) is 76.8 cm³/mol. The van der Waals surface area contributed by atoms with Crippen LogP contribution in [0.2, 0.25) is 0 Å². The van der Waals surface area contributed by atoms with Gasteiger partial charge < -0.3 is 20.9 Å². The number of carboxylic acid groups (broad SMARTS) is 1. The average molecular weight is 286 g/mol. The van der Waals surface area contributed by atoms with Crippen molar-refractivity contribution in [2.75, 3.05) is 5.73 Å². The van der Waals surface area contributed by atoms with E-state index in [-0.39, 0.29) is 11.3 Å². The van der Waals surface area contributed by atoms with Gasteiger partial charge in [-0.15, -0.1) is 0 Å². The van der Waals surface area contributed by atoms with E-state index in [0.29, 0.717) is 5.75 Å². The number of carbonyl (C=O) groups excluding carboxylic acids is 1. The maximum atomic E-state index is 12.0. The molecule has 6 nitrogen and oxygen atoms in total. The van der Waals surface area contributed by atoms with Crippen LogP contribution in [0.4, 0.5) is 5.69 Å². The molecule has 108 valence electrons. The van der Waals surface area contributed by atoms with Gasteiger partial charge in [0.15, 0.2) is 0 Å². The Morgan fingerprint density at radius 1 is 1.05 bits per heavy atom. The number of hydrogen-bond acceptors (Lipinski definition) is 4. The molecule has 0 radical (unpaired) electrons. The Labute approximate surface area is 121 Å². The van der Waals surface area contributed by atoms with Gasteiger partial charge in [-0.3, -0.25) is 4.79 Å². The molecule has 1 unspecified atom stereocenters. The molecule has 1 atom stereocenters. The zero-order valence-electron chi connectivity index (χ0n) is 11.0. The van der Waals surface area contributed by atoms with Gasteiger partial charge in [-0.25, -0.2) is 4.79 Å². The van der Waals surface area contributed by atoms with Gasteiger partial charge in [-0.05, 0) is 24.3 Å². The molecule has 0 saturated heterocycles. The summed E-state index contributed by atoms with van der Waals surface area (Å²) >= 11 is 0. The summed E-state index contributed by atoms with van der Waals surface area (Å²) in [6.07, 6.45) is -1.50. The van der Waals surface area contributed by atoms with Crippen LogP contribution in [0.1, 0.15) is 10.4 Å². The smallest absolute Gasteiger partial charge is 0.366 e. The van der Waals surface area contributed by atoms with Crippen molar-refractivity contribution in [3.05, 3.63) is 60.2 Å². The first kappa shape index (κ1) is 14.4. The van der Waals surface area contributed by atoms with Crippen molar-refractivity contribution in [1.29, 1.82) is 0 Å². The second kappa shape index (κ2) is 6.42. The predicted octanol–water partition coefficient (Wildman–Crippen LogP) is 1.49. The number of carbonyl (C=O) groups is 2. The molecule has 0 fully saturated rings. The number of carboxylic acids is 1. The number of amides is 1. The van der Waals surface area contributed by atoms with Gasteiger partial charge in [0.1, 0.15) is 5.75 Å². The van der Waals surface area contributed by atoms with Crippen LogP contribution in [0.15, 0.2) is 54.6 Å². The Hall–Kier alpha value is -3.02. The van der Waals surface area contributed by atoms with E-state index in [1.165, 1.54) is 6.07 Å². The van der Waals surface area contributed by atoms with Crippen molar-refractivity contribution in [2.24, 2.45) is 0 Å². The van der Waals surface area contributed by atoms with Crippen molar-refractivity contribution < 1.29 is 19.4 Å². The molecule has 21 heavy (non-hydrogen) atoms. The maximum Gasteiger partial charge on any atom is 0.366 e. The van der Waals surface area contributed by atoms with E-state index in [1.54, 1.807) is 48.5 Å². The number of para-hydroxylation sites is 2. The number of ether oxygens (including phenoxy) is 1. The van der Waals surface area contributed by atoms with Crippen LogP contribution >= 0.6 is 0 Å². The first-order valence-electron chi connectivity index (χ1n) is 6.18. The molecule has 1 amide bonds. The Morgan fingerprint density at radius 3 is 2.29 bits per heavy atom. The average Bonchev–Trinajstić information content (AvgIpc) is 2.48. The molecular weight excluding hydrogens is 272 g/mol. The normalized spacial score (nSPS) is 11.4. The summed E-state index contributed by atoms with van der Waals surface area (Å²) in [7, 11) is 0. The molecule has 0 aliphatic heterocycles. The summed E-state index contributed by atoms with van der Waals surface area (Å²) in [6, 6.07) is 14.7. The lowest BCUT2D eigenvalue weighted by atomic mass is 10.1. The van der Waals surface area contributed by atoms with E-state index in [4.69, 9.17) is 15.6 Å². The van der Waals surface area contributed by atoms with Gasteiger partial charge in [0.2, 0.25) is 0 Å². The quantitative estimate of drug-likeness (QED) is 0.571. The molecule has 0 aliphatic carbocycles. The lowest BCUT2D eigenvalue weighted by Crippen LogP contribution is -2.45. The van der Waals surface area contributed by atoms with E-state index in [1.807, 2.05) is 0 Å². The van der Waals surface area contributed by atoms with E-state index in [9.17, 15) is 9.59 Å². The minimum absolute atomic E-state index is 0.195. The van der Waals surface area contributed by atoms with E-state index < -0.39 is 18.1 Å². The van der Waals surface area contributed by atoms with Gasteiger partial charge in [0, 0.05) is 5.69 Å². The monoisotopic (exact) mass is 286 g/mol. The highest BCUT2D eigenvalue weighted by Gasteiger charge is 2.23. The molecule has 6 heteroatoms. The number of nitrogen functional groups attached to an aromatic ring is 1. The fourth-order valence-corrected chi connectivity index (χ4v) is 1.68. The lowest BCUT2D eigenvalue weighted by Gasteiger charge is -2.17. The van der Waals surface area contributed by atoms with Crippen molar-refractivity contribution in [1.82, 2.24) is 5.32 Å². The van der Waals surface area contributed by atoms with Gasteiger partial charge in [0.05, 0.1) is 5.56 Å². The number of anilines is 1. The number of nitrogens with two attached hydrogens (primary N) is 1. The van der Waals surface area contributed by atoms with E-state index in [2.05, 4.69) is 5.32 Å². The Morgan fingerprint density at radius 2 is 1.67 bits per heavy atom. The SMILES string of the molecule is Nc1ccccc1C(=O)NC(Oc1ccccc1)C(=O)O. The zero-order chi connectivity index (χ0) is 15.2. The Bertz CT molecular complexity index is 643. The number of benzene rings is 2. The Kier molecular flexibility index (Phi) is 4.40. The van der Waals surface area contributed by atoms with Gasteiger partial charge in [-0.1, -0.05) is 30.3 Å². The molecule has 2 rings (SSSR count). The van der Waals surface area contributed by atoms with E-state index in [0.717, 1.165) is 0 Å². The second-order valence-corrected chi connectivity index (χ2v) is 4.21. The minimum atomic E-state index is -1.50. The number of rotatable bonds is 5. The Balaban J connectivity index is 2.12. The summed E-state index contributed by atoms with van der Waals surface area (Å²) in [4.78, 5) is 23.2. The number of nitrogens with one attached hydrogen (secondary N) is 1. The molecule has 0 heterocycles. The second-order valence-electron chi connectivity index (χ2n) is 4.21. The summed E-state index contributed by atoms with van der Waals surface area (Å²) in [5.41, 5.74) is 6.13. The third-order valence-corrected chi connectivity index (χ3v) is 2.69. The summed E-state index contributed by atoms with van der Waals surface area (Å²) in [5.74, 6) is -1.58.